The topological polar surface area (TPSA) is 65.9 Å². The summed E-state index contributed by atoms with van der Waals surface area (Å²) < 4.78 is 4.92. The van der Waals surface area contributed by atoms with E-state index in [0.717, 1.165) is 35.7 Å². The number of aromatic nitrogens is 1. The summed E-state index contributed by atoms with van der Waals surface area (Å²) in [7, 11) is 1.45. The van der Waals surface area contributed by atoms with Gasteiger partial charge in [-0.15, -0.1) is 0 Å². The van der Waals surface area contributed by atoms with Crippen LogP contribution in [0.15, 0.2) is 24.4 Å². The molecule has 1 saturated carbocycles. The average molecular weight is 268 g/mol. The van der Waals surface area contributed by atoms with Crippen LogP contribution in [0.2, 0.25) is 0 Å². The molecule has 0 saturated heterocycles. The third-order valence-corrected chi connectivity index (χ3v) is 4.26. The van der Waals surface area contributed by atoms with Crippen LogP contribution in [-0.4, -0.2) is 18.1 Å². The number of hydrogen-bond acceptors (Lipinski definition) is 3. The molecule has 0 bridgehead atoms. The van der Waals surface area contributed by atoms with Gasteiger partial charge in [0.05, 0.1) is 24.7 Å². The summed E-state index contributed by atoms with van der Waals surface area (Å²) >= 11 is 0. The van der Waals surface area contributed by atoms with Crippen molar-refractivity contribution in [3.63, 3.8) is 0 Å². The highest BCUT2D eigenvalue weighted by molar-refractivity contribution is 5.86. The van der Waals surface area contributed by atoms with Gasteiger partial charge in [0, 0.05) is 17.1 Å². The van der Waals surface area contributed by atoms with Crippen LogP contribution in [0.1, 0.15) is 36.3 Å². The number of fused-ring (bicyclic) bond motifs is 1. The lowest BCUT2D eigenvalue weighted by molar-refractivity contribution is -0.145. The molecular formula is C16H16N2O2. The number of hydrogen-bond donors (Lipinski definition) is 1. The minimum Gasteiger partial charge on any atom is -0.469 e. The molecule has 20 heavy (non-hydrogen) atoms. The number of methoxy groups -OCH3 is 1. The Hall–Kier alpha value is -2.28. The van der Waals surface area contributed by atoms with Crippen LogP contribution in [0, 0.1) is 17.2 Å². The summed E-state index contributed by atoms with van der Waals surface area (Å²) in [5.74, 6) is -0.00632. The summed E-state index contributed by atoms with van der Waals surface area (Å²) in [5, 5.41) is 10.1. The lowest BCUT2D eigenvalue weighted by Crippen LogP contribution is -2.18. The van der Waals surface area contributed by atoms with Gasteiger partial charge in [-0.05, 0) is 42.5 Å². The highest BCUT2D eigenvalue weighted by Crippen LogP contribution is 2.42. The van der Waals surface area contributed by atoms with Crippen molar-refractivity contribution in [3.05, 3.63) is 35.5 Å². The first kappa shape index (κ1) is 12.7. The Bertz CT molecular complexity index is 696. The molecule has 1 fully saturated rings. The molecule has 1 aromatic carbocycles. The van der Waals surface area contributed by atoms with E-state index in [4.69, 9.17) is 10.00 Å². The second kappa shape index (κ2) is 5.01. The molecule has 2 aromatic rings. The fourth-order valence-electron chi connectivity index (χ4n) is 3.28. The van der Waals surface area contributed by atoms with Gasteiger partial charge < -0.3 is 9.72 Å². The Balaban J connectivity index is 2.05. The summed E-state index contributed by atoms with van der Waals surface area (Å²) in [6.07, 6.45) is 4.87. The maximum atomic E-state index is 11.9. The smallest absolute Gasteiger partial charge is 0.309 e. The molecule has 0 radical (unpaired) electrons. The molecule has 0 aliphatic heterocycles. The molecule has 1 aliphatic carbocycles. The van der Waals surface area contributed by atoms with Crippen LogP contribution in [0.3, 0.4) is 0 Å². The first-order valence-electron chi connectivity index (χ1n) is 6.83. The van der Waals surface area contributed by atoms with Crippen LogP contribution in [0.25, 0.3) is 10.9 Å². The second-order valence-corrected chi connectivity index (χ2v) is 5.28. The fourth-order valence-corrected chi connectivity index (χ4v) is 3.28. The van der Waals surface area contributed by atoms with E-state index < -0.39 is 0 Å². The quantitative estimate of drug-likeness (QED) is 0.851. The number of nitriles is 1. The third kappa shape index (κ3) is 1.96. The van der Waals surface area contributed by atoms with Crippen molar-refractivity contribution in [3.8, 4) is 6.07 Å². The maximum Gasteiger partial charge on any atom is 0.309 e. The maximum absolute atomic E-state index is 11.9. The number of ether oxygens (including phenoxy) is 1. The van der Waals surface area contributed by atoms with Gasteiger partial charge in [0.25, 0.3) is 0 Å². The molecule has 0 spiro atoms. The number of esters is 1. The van der Waals surface area contributed by atoms with Crippen molar-refractivity contribution in [2.75, 3.05) is 7.11 Å². The standard InChI is InChI=1S/C16H16N2O2/c1-20-16(19)12-4-2-3-11(12)14-9-18-15-6-5-10(8-17)7-13(14)15/h5-7,9,11-12,18H,2-4H2,1H3. The normalized spacial score (nSPS) is 21.8. The minimum absolute atomic E-state index is 0.0651. The van der Waals surface area contributed by atoms with Crippen molar-refractivity contribution in [2.24, 2.45) is 5.92 Å². The van der Waals surface area contributed by atoms with Crippen molar-refractivity contribution < 1.29 is 9.53 Å². The largest absolute Gasteiger partial charge is 0.469 e. The van der Waals surface area contributed by atoms with Crippen molar-refractivity contribution in [2.45, 2.75) is 25.2 Å². The molecule has 1 aliphatic rings. The van der Waals surface area contributed by atoms with Crippen LogP contribution in [-0.2, 0) is 9.53 Å². The molecule has 1 aromatic heterocycles. The van der Waals surface area contributed by atoms with E-state index in [1.807, 2.05) is 18.3 Å². The summed E-state index contributed by atoms with van der Waals surface area (Å²) in [4.78, 5) is 15.1. The number of rotatable bonds is 2. The summed E-state index contributed by atoms with van der Waals surface area (Å²) in [6, 6.07) is 7.78. The zero-order chi connectivity index (χ0) is 14.1. The van der Waals surface area contributed by atoms with Gasteiger partial charge >= 0.3 is 5.97 Å². The van der Waals surface area contributed by atoms with E-state index >= 15 is 0 Å². The highest BCUT2D eigenvalue weighted by atomic mass is 16.5. The van der Waals surface area contributed by atoms with E-state index in [9.17, 15) is 4.79 Å². The number of nitrogens with zero attached hydrogens (tertiary/aromatic N) is 1. The predicted octanol–water partition coefficient (Wildman–Crippen LogP) is 3.10. The molecule has 2 unspecified atom stereocenters. The monoisotopic (exact) mass is 268 g/mol. The van der Waals surface area contributed by atoms with Gasteiger partial charge in [-0.2, -0.15) is 5.26 Å². The Kier molecular flexibility index (Phi) is 3.19. The number of H-pyrrole nitrogens is 1. The lowest BCUT2D eigenvalue weighted by Gasteiger charge is -2.16. The van der Waals surface area contributed by atoms with Gasteiger partial charge in [0.1, 0.15) is 0 Å². The summed E-state index contributed by atoms with van der Waals surface area (Å²) in [6.45, 7) is 0. The number of carbonyl (C=O) groups excluding carboxylic acids is 1. The number of carbonyl (C=O) groups is 1. The van der Waals surface area contributed by atoms with Gasteiger partial charge in [-0.25, -0.2) is 0 Å². The first-order valence-corrected chi connectivity index (χ1v) is 6.83. The third-order valence-electron chi connectivity index (χ3n) is 4.26. The molecule has 2 atom stereocenters. The van der Waals surface area contributed by atoms with E-state index in [-0.39, 0.29) is 17.8 Å². The van der Waals surface area contributed by atoms with E-state index in [2.05, 4.69) is 11.1 Å². The van der Waals surface area contributed by atoms with E-state index in [1.165, 1.54) is 7.11 Å². The van der Waals surface area contributed by atoms with Gasteiger partial charge in [0.2, 0.25) is 0 Å². The zero-order valence-corrected chi connectivity index (χ0v) is 11.3. The second-order valence-electron chi connectivity index (χ2n) is 5.28. The minimum atomic E-state index is -0.127. The molecule has 102 valence electrons. The Labute approximate surface area is 117 Å². The van der Waals surface area contributed by atoms with Crippen LogP contribution >= 0.6 is 0 Å². The molecule has 1 N–H and O–H groups in total. The molecule has 4 nitrogen and oxygen atoms in total. The first-order chi connectivity index (χ1) is 9.74. The van der Waals surface area contributed by atoms with E-state index in [0.29, 0.717) is 5.56 Å². The molecule has 4 heteroatoms. The SMILES string of the molecule is COC(=O)C1CCCC1c1c[nH]c2ccc(C#N)cc12. The number of aromatic amines is 1. The Morgan fingerprint density at radius 3 is 3.05 bits per heavy atom. The Morgan fingerprint density at radius 1 is 1.45 bits per heavy atom. The molecular weight excluding hydrogens is 252 g/mol. The average Bonchev–Trinajstić information content (AvgIpc) is 3.11. The van der Waals surface area contributed by atoms with Crippen LogP contribution in [0.4, 0.5) is 0 Å². The molecule has 3 rings (SSSR count). The number of nitrogens with one attached hydrogen (secondary N) is 1. The van der Waals surface area contributed by atoms with Crippen molar-refractivity contribution in [1.29, 1.82) is 5.26 Å². The molecule has 0 amide bonds. The Morgan fingerprint density at radius 2 is 2.30 bits per heavy atom. The predicted molar refractivity (Wildman–Crippen MR) is 75.1 cm³/mol. The highest BCUT2D eigenvalue weighted by Gasteiger charge is 2.35. The number of benzene rings is 1. The summed E-state index contributed by atoms with van der Waals surface area (Å²) in [5.41, 5.74) is 2.78. The van der Waals surface area contributed by atoms with Gasteiger partial charge in [-0.1, -0.05) is 6.42 Å². The van der Waals surface area contributed by atoms with Crippen molar-refractivity contribution >= 4 is 16.9 Å². The van der Waals surface area contributed by atoms with E-state index in [1.54, 1.807) is 6.07 Å². The lowest BCUT2D eigenvalue weighted by atomic mass is 9.88. The molecule has 1 heterocycles. The zero-order valence-electron chi connectivity index (χ0n) is 11.3. The van der Waals surface area contributed by atoms with Crippen LogP contribution < -0.4 is 0 Å². The fraction of sp³-hybridized carbons (Fsp3) is 0.375. The van der Waals surface area contributed by atoms with Crippen LogP contribution in [0.5, 0.6) is 0 Å². The van der Waals surface area contributed by atoms with Crippen molar-refractivity contribution in [1.82, 2.24) is 4.98 Å². The van der Waals surface area contributed by atoms with Gasteiger partial charge in [0.15, 0.2) is 0 Å². The van der Waals surface area contributed by atoms with Gasteiger partial charge in [-0.3, -0.25) is 4.79 Å².